The molecule has 1 aliphatic heterocycles. The van der Waals surface area contributed by atoms with Gasteiger partial charge >= 0.3 is 0 Å². The van der Waals surface area contributed by atoms with Crippen molar-refractivity contribution in [2.24, 2.45) is 10.9 Å². The molecule has 1 heterocycles. The Morgan fingerprint density at radius 2 is 2.41 bits per heavy atom. The Balaban J connectivity index is 2.39. The number of carbonyl (C=O) groups is 1. The van der Waals surface area contributed by atoms with Gasteiger partial charge in [0.1, 0.15) is 0 Å². The number of amidine groups is 1. The highest BCUT2D eigenvalue weighted by Crippen LogP contribution is 2.18. The molecule has 0 aromatic rings. The minimum Gasteiger partial charge on any atom is -0.409 e. The first kappa shape index (κ1) is 13.8. The summed E-state index contributed by atoms with van der Waals surface area (Å²) < 4.78 is 5.18. The highest BCUT2D eigenvalue weighted by Gasteiger charge is 2.31. The summed E-state index contributed by atoms with van der Waals surface area (Å²) in [6.07, 6.45) is 2.84. The fraction of sp³-hybridized carbons (Fsp3) is 0.818. The first-order valence-corrected chi connectivity index (χ1v) is 6.05. The molecule has 1 saturated heterocycles. The van der Waals surface area contributed by atoms with Crippen LogP contribution in [0.3, 0.4) is 0 Å². The van der Waals surface area contributed by atoms with Crippen molar-refractivity contribution < 1.29 is 14.7 Å². The summed E-state index contributed by atoms with van der Waals surface area (Å²) in [5, 5.41) is 11.6. The minimum atomic E-state index is -0.236. The standard InChI is InChI=1S/C11H21N3O3/c1-2-17-8-4-6-10(15)14-7-3-5-9(14)11(12)13-16/h9,16H,2-8H2,1H3,(H2,12,13). The second-order valence-electron chi connectivity index (χ2n) is 4.07. The third-order valence-corrected chi connectivity index (χ3v) is 2.91. The Hall–Kier alpha value is -1.30. The van der Waals surface area contributed by atoms with Gasteiger partial charge in [0.15, 0.2) is 5.84 Å². The fourth-order valence-electron chi connectivity index (χ4n) is 2.05. The Labute approximate surface area is 101 Å². The van der Waals surface area contributed by atoms with Crippen molar-refractivity contribution >= 4 is 11.7 Å². The van der Waals surface area contributed by atoms with Crippen LogP contribution in [-0.2, 0) is 9.53 Å². The van der Waals surface area contributed by atoms with Crippen LogP contribution >= 0.6 is 0 Å². The molecular weight excluding hydrogens is 222 g/mol. The predicted molar refractivity (Wildman–Crippen MR) is 63.9 cm³/mol. The van der Waals surface area contributed by atoms with Crippen LogP contribution in [0, 0.1) is 0 Å². The number of nitrogens with two attached hydrogens (primary N) is 1. The maximum Gasteiger partial charge on any atom is 0.223 e. The molecule has 0 aromatic heterocycles. The van der Waals surface area contributed by atoms with Gasteiger partial charge < -0.3 is 20.6 Å². The number of hydrogen-bond donors (Lipinski definition) is 2. The minimum absolute atomic E-state index is 0.0544. The van der Waals surface area contributed by atoms with E-state index in [0.29, 0.717) is 32.6 Å². The lowest BCUT2D eigenvalue weighted by atomic mass is 10.2. The summed E-state index contributed by atoms with van der Waals surface area (Å²) >= 11 is 0. The Bertz CT molecular complexity index is 281. The van der Waals surface area contributed by atoms with Crippen LogP contribution in [0.15, 0.2) is 5.16 Å². The van der Waals surface area contributed by atoms with Crippen molar-refractivity contribution in [1.82, 2.24) is 4.90 Å². The van der Waals surface area contributed by atoms with E-state index in [2.05, 4.69) is 5.16 Å². The molecule has 1 aliphatic rings. The van der Waals surface area contributed by atoms with E-state index in [1.54, 1.807) is 4.90 Å². The summed E-state index contributed by atoms with van der Waals surface area (Å²) in [6.45, 7) is 3.89. The lowest BCUT2D eigenvalue weighted by Crippen LogP contribution is -2.43. The molecule has 1 unspecified atom stereocenters. The molecule has 17 heavy (non-hydrogen) atoms. The second-order valence-corrected chi connectivity index (χ2v) is 4.07. The molecule has 0 spiro atoms. The zero-order valence-corrected chi connectivity index (χ0v) is 10.3. The first-order chi connectivity index (χ1) is 8.20. The lowest BCUT2D eigenvalue weighted by molar-refractivity contribution is -0.131. The summed E-state index contributed by atoms with van der Waals surface area (Å²) in [6, 6.07) is -0.236. The van der Waals surface area contributed by atoms with Gasteiger partial charge in [-0.15, -0.1) is 0 Å². The monoisotopic (exact) mass is 243 g/mol. The van der Waals surface area contributed by atoms with Crippen molar-refractivity contribution in [3.63, 3.8) is 0 Å². The number of ether oxygens (including phenoxy) is 1. The van der Waals surface area contributed by atoms with Crippen LogP contribution in [-0.4, -0.2) is 47.7 Å². The van der Waals surface area contributed by atoms with Crippen molar-refractivity contribution in [2.45, 2.75) is 38.6 Å². The normalized spacial score (nSPS) is 20.9. The maximum atomic E-state index is 11.9. The lowest BCUT2D eigenvalue weighted by Gasteiger charge is -2.23. The van der Waals surface area contributed by atoms with E-state index in [4.69, 9.17) is 15.7 Å². The topological polar surface area (TPSA) is 88.2 Å². The summed E-state index contributed by atoms with van der Waals surface area (Å²) in [7, 11) is 0. The first-order valence-electron chi connectivity index (χ1n) is 6.05. The molecule has 6 heteroatoms. The van der Waals surface area contributed by atoms with Gasteiger partial charge in [-0.05, 0) is 26.2 Å². The zero-order valence-electron chi connectivity index (χ0n) is 10.3. The maximum absolute atomic E-state index is 11.9. The van der Waals surface area contributed by atoms with E-state index < -0.39 is 0 Å². The molecule has 98 valence electrons. The summed E-state index contributed by atoms with van der Waals surface area (Å²) in [5.41, 5.74) is 5.56. The highest BCUT2D eigenvalue weighted by atomic mass is 16.5. The molecule has 0 aliphatic carbocycles. The van der Waals surface area contributed by atoms with E-state index in [-0.39, 0.29) is 17.8 Å². The van der Waals surface area contributed by atoms with E-state index in [9.17, 15) is 4.79 Å². The van der Waals surface area contributed by atoms with Crippen LogP contribution in [0.25, 0.3) is 0 Å². The number of likely N-dealkylation sites (tertiary alicyclic amines) is 1. The van der Waals surface area contributed by atoms with Gasteiger partial charge in [-0.25, -0.2) is 0 Å². The van der Waals surface area contributed by atoms with Gasteiger partial charge in [0.05, 0.1) is 6.04 Å². The van der Waals surface area contributed by atoms with Crippen LogP contribution in [0.5, 0.6) is 0 Å². The molecule has 1 fully saturated rings. The molecule has 0 radical (unpaired) electrons. The number of amides is 1. The SMILES string of the molecule is CCOCCCC(=O)N1CCCC1C(N)=NO. The van der Waals surface area contributed by atoms with Crippen LogP contribution < -0.4 is 5.73 Å². The van der Waals surface area contributed by atoms with Crippen molar-refractivity contribution in [1.29, 1.82) is 0 Å². The number of oxime groups is 1. The van der Waals surface area contributed by atoms with Crippen LogP contribution in [0.1, 0.15) is 32.6 Å². The van der Waals surface area contributed by atoms with Crippen LogP contribution in [0.2, 0.25) is 0 Å². The molecule has 1 atom stereocenters. The highest BCUT2D eigenvalue weighted by molar-refractivity contribution is 5.90. The van der Waals surface area contributed by atoms with E-state index in [0.717, 1.165) is 12.8 Å². The Morgan fingerprint density at radius 3 is 3.06 bits per heavy atom. The number of carbonyl (C=O) groups excluding carboxylic acids is 1. The van der Waals surface area contributed by atoms with Crippen molar-refractivity contribution in [3.05, 3.63) is 0 Å². The predicted octanol–water partition coefficient (Wildman–Crippen LogP) is 0.541. The molecule has 1 amide bonds. The van der Waals surface area contributed by atoms with E-state index >= 15 is 0 Å². The molecule has 1 rings (SSSR count). The Kier molecular flexibility index (Phi) is 5.76. The number of rotatable bonds is 6. The van der Waals surface area contributed by atoms with E-state index in [1.807, 2.05) is 6.92 Å². The average molecular weight is 243 g/mol. The molecule has 6 nitrogen and oxygen atoms in total. The smallest absolute Gasteiger partial charge is 0.223 e. The molecule has 0 bridgehead atoms. The van der Waals surface area contributed by atoms with Gasteiger partial charge in [0, 0.05) is 26.2 Å². The number of hydrogen-bond acceptors (Lipinski definition) is 4. The molecule has 0 saturated carbocycles. The zero-order chi connectivity index (χ0) is 12.7. The van der Waals surface area contributed by atoms with Gasteiger partial charge in [0.25, 0.3) is 0 Å². The average Bonchev–Trinajstić information content (AvgIpc) is 2.82. The molecular formula is C11H21N3O3. The van der Waals surface area contributed by atoms with E-state index in [1.165, 1.54) is 0 Å². The van der Waals surface area contributed by atoms with Gasteiger partial charge in [-0.3, -0.25) is 4.79 Å². The van der Waals surface area contributed by atoms with Gasteiger partial charge in [0.2, 0.25) is 5.91 Å². The van der Waals surface area contributed by atoms with Crippen molar-refractivity contribution in [2.75, 3.05) is 19.8 Å². The molecule has 3 N–H and O–H groups in total. The third kappa shape index (κ3) is 3.89. The summed E-state index contributed by atoms with van der Waals surface area (Å²) in [5.74, 6) is 0.180. The number of nitrogens with zero attached hydrogens (tertiary/aromatic N) is 2. The quantitative estimate of drug-likeness (QED) is 0.234. The second kappa shape index (κ2) is 7.11. The largest absolute Gasteiger partial charge is 0.409 e. The Morgan fingerprint density at radius 1 is 1.65 bits per heavy atom. The van der Waals surface area contributed by atoms with Crippen molar-refractivity contribution in [3.8, 4) is 0 Å². The van der Waals surface area contributed by atoms with Crippen LogP contribution in [0.4, 0.5) is 0 Å². The molecule has 0 aromatic carbocycles. The van der Waals surface area contributed by atoms with Gasteiger partial charge in [-0.2, -0.15) is 0 Å². The third-order valence-electron chi connectivity index (χ3n) is 2.91. The fourth-order valence-corrected chi connectivity index (χ4v) is 2.05. The summed E-state index contributed by atoms with van der Waals surface area (Å²) in [4.78, 5) is 13.6. The van der Waals surface area contributed by atoms with Gasteiger partial charge in [-0.1, -0.05) is 5.16 Å².